The Bertz CT molecular complexity index is 574. The molecule has 0 bridgehead atoms. The van der Waals surface area contributed by atoms with E-state index in [1.165, 1.54) is 11.6 Å². The van der Waals surface area contributed by atoms with Gasteiger partial charge in [-0.05, 0) is 60.3 Å². The van der Waals surface area contributed by atoms with Gasteiger partial charge in [-0.2, -0.15) is 0 Å². The Morgan fingerprint density at radius 2 is 2.09 bits per heavy atom. The second-order valence-corrected chi connectivity index (χ2v) is 6.17. The summed E-state index contributed by atoms with van der Waals surface area (Å²) in [7, 11) is 0. The zero-order valence-electron chi connectivity index (χ0n) is 14.0. The highest BCUT2D eigenvalue weighted by atomic mass is 16.5. The molecule has 4 nitrogen and oxygen atoms in total. The molecule has 1 aliphatic rings. The van der Waals surface area contributed by atoms with Crippen molar-refractivity contribution in [3.8, 4) is 0 Å². The minimum atomic E-state index is -0.918. The van der Waals surface area contributed by atoms with E-state index in [1.807, 2.05) is 19.1 Å². The monoisotopic (exact) mass is 317 g/mol. The van der Waals surface area contributed by atoms with Crippen LogP contribution in [0, 0.1) is 5.92 Å². The molecule has 1 aliphatic heterocycles. The van der Waals surface area contributed by atoms with Gasteiger partial charge in [-0.3, -0.25) is 0 Å². The Labute approximate surface area is 138 Å². The van der Waals surface area contributed by atoms with Gasteiger partial charge in [-0.25, -0.2) is 4.79 Å². The first-order valence-electron chi connectivity index (χ1n) is 8.47. The Morgan fingerprint density at radius 3 is 2.61 bits per heavy atom. The molecule has 1 heterocycles. The molecule has 0 radical (unpaired) electrons. The smallest absolute Gasteiger partial charge is 0.328 e. The van der Waals surface area contributed by atoms with E-state index in [2.05, 4.69) is 13.0 Å². The van der Waals surface area contributed by atoms with Crippen LogP contribution in [0.25, 0.3) is 5.57 Å². The number of carboxylic acids is 1. The average Bonchev–Trinajstić information content (AvgIpc) is 2.55. The SMILES string of the molecule is CC/C(=C\C(=O)O)c1ccc(C(CC)C2CCOCC2)c(N)c1. The van der Waals surface area contributed by atoms with Crippen LogP contribution in [-0.2, 0) is 9.53 Å². The third-order valence-electron chi connectivity index (χ3n) is 4.81. The molecule has 0 aliphatic carbocycles. The van der Waals surface area contributed by atoms with Crippen LogP contribution in [0.4, 0.5) is 5.69 Å². The van der Waals surface area contributed by atoms with Gasteiger partial charge in [0.25, 0.3) is 0 Å². The van der Waals surface area contributed by atoms with Gasteiger partial charge in [0, 0.05) is 25.0 Å². The average molecular weight is 317 g/mol. The van der Waals surface area contributed by atoms with Gasteiger partial charge in [0.05, 0.1) is 0 Å². The van der Waals surface area contributed by atoms with Gasteiger partial charge < -0.3 is 15.6 Å². The minimum Gasteiger partial charge on any atom is -0.478 e. The lowest BCUT2D eigenvalue weighted by molar-refractivity contribution is -0.131. The highest BCUT2D eigenvalue weighted by Gasteiger charge is 2.25. The summed E-state index contributed by atoms with van der Waals surface area (Å²) in [6.45, 7) is 5.83. The third-order valence-corrected chi connectivity index (χ3v) is 4.81. The normalized spacial score (nSPS) is 17.9. The zero-order valence-corrected chi connectivity index (χ0v) is 14.0. The van der Waals surface area contributed by atoms with Crippen molar-refractivity contribution >= 4 is 17.2 Å². The van der Waals surface area contributed by atoms with Crippen molar-refractivity contribution in [2.24, 2.45) is 5.92 Å². The molecule has 0 saturated carbocycles. The van der Waals surface area contributed by atoms with Gasteiger partial charge in [0.2, 0.25) is 0 Å². The first-order chi connectivity index (χ1) is 11.1. The summed E-state index contributed by atoms with van der Waals surface area (Å²) >= 11 is 0. The topological polar surface area (TPSA) is 72.5 Å². The molecule has 1 aromatic carbocycles. The van der Waals surface area contributed by atoms with Crippen molar-refractivity contribution in [2.45, 2.75) is 45.4 Å². The van der Waals surface area contributed by atoms with Crippen LogP contribution in [0.5, 0.6) is 0 Å². The van der Waals surface area contributed by atoms with Crippen molar-refractivity contribution in [3.05, 3.63) is 35.4 Å². The second-order valence-electron chi connectivity index (χ2n) is 6.17. The summed E-state index contributed by atoms with van der Waals surface area (Å²) in [5.74, 6) is 0.140. The Hall–Kier alpha value is -1.81. The predicted molar refractivity (Wildman–Crippen MR) is 93.3 cm³/mol. The number of rotatable bonds is 6. The number of nitrogen functional groups attached to an aromatic ring is 1. The van der Waals surface area contributed by atoms with E-state index in [1.54, 1.807) is 0 Å². The summed E-state index contributed by atoms with van der Waals surface area (Å²) in [6, 6.07) is 6.02. The molecule has 1 atom stereocenters. The van der Waals surface area contributed by atoms with E-state index in [-0.39, 0.29) is 0 Å². The number of anilines is 1. The number of hydrogen-bond acceptors (Lipinski definition) is 3. The number of carboxylic acid groups (broad SMARTS) is 1. The summed E-state index contributed by atoms with van der Waals surface area (Å²) in [5, 5.41) is 8.98. The molecule has 0 amide bonds. The highest BCUT2D eigenvalue weighted by Crippen LogP contribution is 2.38. The molecular formula is C19H27NO3. The Balaban J connectivity index is 2.28. The van der Waals surface area contributed by atoms with E-state index in [0.29, 0.717) is 18.3 Å². The molecule has 0 aromatic heterocycles. The van der Waals surface area contributed by atoms with Crippen LogP contribution in [0.15, 0.2) is 24.3 Å². The molecule has 0 spiro atoms. The third kappa shape index (κ3) is 4.35. The van der Waals surface area contributed by atoms with Crippen molar-refractivity contribution < 1.29 is 14.6 Å². The predicted octanol–water partition coefficient (Wildman–Crippen LogP) is 4.07. The number of hydrogen-bond donors (Lipinski definition) is 2. The van der Waals surface area contributed by atoms with Gasteiger partial charge in [0.1, 0.15) is 0 Å². The minimum absolute atomic E-state index is 0.446. The summed E-state index contributed by atoms with van der Waals surface area (Å²) in [6.07, 6.45) is 5.16. The van der Waals surface area contributed by atoms with E-state index < -0.39 is 5.97 Å². The lowest BCUT2D eigenvalue weighted by atomic mass is 9.78. The molecule has 23 heavy (non-hydrogen) atoms. The van der Waals surface area contributed by atoms with Gasteiger partial charge in [-0.15, -0.1) is 0 Å². The summed E-state index contributed by atoms with van der Waals surface area (Å²) < 4.78 is 5.47. The van der Waals surface area contributed by atoms with Crippen LogP contribution in [0.2, 0.25) is 0 Å². The lowest BCUT2D eigenvalue weighted by Crippen LogP contribution is -2.22. The molecule has 4 heteroatoms. The molecule has 2 rings (SSSR count). The van der Waals surface area contributed by atoms with Gasteiger partial charge in [-0.1, -0.05) is 26.0 Å². The van der Waals surface area contributed by atoms with Crippen LogP contribution in [-0.4, -0.2) is 24.3 Å². The van der Waals surface area contributed by atoms with Crippen LogP contribution in [0.1, 0.15) is 56.6 Å². The molecule has 126 valence electrons. The second kappa shape index (κ2) is 8.16. The van der Waals surface area contributed by atoms with Crippen molar-refractivity contribution in [1.29, 1.82) is 0 Å². The molecule has 1 aromatic rings. The van der Waals surface area contributed by atoms with Crippen molar-refractivity contribution in [3.63, 3.8) is 0 Å². The Kier molecular flexibility index (Phi) is 6.22. The zero-order chi connectivity index (χ0) is 16.8. The summed E-state index contributed by atoms with van der Waals surface area (Å²) in [4.78, 5) is 10.9. The molecule has 3 N–H and O–H groups in total. The molecule has 1 saturated heterocycles. The highest BCUT2D eigenvalue weighted by molar-refractivity contribution is 5.90. The molecule has 1 unspecified atom stereocenters. The first-order valence-corrected chi connectivity index (χ1v) is 8.47. The fourth-order valence-electron chi connectivity index (χ4n) is 3.58. The quantitative estimate of drug-likeness (QED) is 0.613. The largest absolute Gasteiger partial charge is 0.478 e. The fraction of sp³-hybridized carbons (Fsp3) is 0.526. The maximum absolute atomic E-state index is 10.9. The fourth-order valence-corrected chi connectivity index (χ4v) is 3.58. The van der Waals surface area contributed by atoms with Crippen LogP contribution >= 0.6 is 0 Å². The maximum atomic E-state index is 10.9. The Morgan fingerprint density at radius 1 is 1.39 bits per heavy atom. The number of carbonyl (C=O) groups is 1. The number of benzene rings is 1. The van der Waals surface area contributed by atoms with Crippen molar-refractivity contribution in [1.82, 2.24) is 0 Å². The lowest BCUT2D eigenvalue weighted by Gasteiger charge is -2.31. The number of aliphatic carboxylic acids is 1. The number of ether oxygens (including phenoxy) is 1. The van der Waals surface area contributed by atoms with E-state index >= 15 is 0 Å². The maximum Gasteiger partial charge on any atom is 0.328 e. The van der Waals surface area contributed by atoms with E-state index in [0.717, 1.165) is 49.3 Å². The van der Waals surface area contributed by atoms with Crippen molar-refractivity contribution in [2.75, 3.05) is 18.9 Å². The number of allylic oxidation sites excluding steroid dienone is 1. The van der Waals surface area contributed by atoms with Crippen LogP contribution < -0.4 is 5.73 Å². The van der Waals surface area contributed by atoms with Crippen LogP contribution in [0.3, 0.4) is 0 Å². The standard InChI is InChI=1S/C19H27NO3/c1-3-13(12-19(21)22)15-5-6-17(18(20)11-15)16(4-2)14-7-9-23-10-8-14/h5-6,11-12,14,16H,3-4,7-10,20H2,1-2H3,(H,21,22)/b13-12+. The first kappa shape index (κ1) is 17.5. The van der Waals surface area contributed by atoms with Gasteiger partial charge >= 0.3 is 5.97 Å². The summed E-state index contributed by atoms with van der Waals surface area (Å²) in [5.41, 5.74) is 9.98. The van der Waals surface area contributed by atoms with Gasteiger partial charge in [0.15, 0.2) is 0 Å². The van der Waals surface area contributed by atoms with E-state index in [9.17, 15) is 4.79 Å². The molecule has 1 fully saturated rings. The number of nitrogens with two attached hydrogens (primary N) is 1. The van der Waals surface area contributed by atoms with E-state index in [4.69, 9.17) is 15.6 Å². The molecular weight excluding hydrogens is 290 g/mol.